The van der Waals surface area contributed by atoms with Crippen molar-refractivity contribution in [3.05, 3.63) is 24.5 Å². The van der Waals surface area contributed by atoms with Gasteiger partial charge in [0.2, 0.25) is 0 Å². The van der Waals surface area contributed by atoms with Crippen LogP contribution >= 0.6 is 11.8 Å². The highest BCUT2D eigenvalue weighted by Gasteiger charge is 2.20. The molecule has 0 radical (unpaired) electrons. The lowest BCUT2D eigenvalue weighted by Gasteiger charge is -2.24. The molecular formula is C8H11NO2S. The molecule has 66 valence electrons. The van der Waals surface area contributed by atoms with Gasteiger partial charge in [-0.3, -0.25) is 0 Å². The SMILES string of the molecule is C1=COC(C2CNCCS2)=CO1. The molecule has 0 aromatic carbocycles. The van der Waals surface area contributed by atoms with E-state index in [2.05, 4.69) is 5.32 Å². The fraction of sp³-hybridized carbons (Fsp3) is 0.500. The Hall–Kier alpha value is -0.610. The molecule has 0 spiro atoms. The van der Waals surface area contributed by atoms with Gasteiger partial charge in [-0.1, -0.05) is 0 Å². The fourth-order valence-electron chi connectivity index (χ4n) is 1.17. The summed E-state index contributed by atoms with van der Waals surface area (Å²) in [6.07, 6.45) is 4.78. The Morgan fingerprint density at radius 2 is 2.50 bits per heavy atom. The fourth-order valence-corrected chi connectivity index (χ4v) is 2.23. The van der Waals surface area contributed by atoms with Gasteiger partial charge in [-0.05, 0) is 0 Å². The van der Waals surface area contributed by atoms with Gasteiger partial charge in [0.25, 0.3) is 0 Å². The van der Waals surface area contributed by atoms with Gasteiger partial charge < -0.3 is 14.8 Å². The van der Waals surface area contributed by atoms with Crippen molar-refractivity contribution in [1.29, 1.82) is 0 Å². The molecule has 12 heavy (non-hydrogen) atoms. The van der Waals surface area contributed by atoms with Gasteiger partial charge in [0.05, 0.1) is 5.25 Å². The third-order valence-corrected chi connectivity index (χ3v) is 3.01. The minimum atomic E-state index is 0.406. The predicted molar refractivity (Wildman–Crippen MR) is 48.5 cm³/mol. The second-order valence-electron chi connectivity index (χ2n) is 2.61. The summed E-state index contributed by atoms with van der Waals surface area (Å²) in [6, 6.07) is 0. The second kappa shape index (κ2) is 3.87. The first-order valence-corrected chi connectivity index (χ1v) is 5.01. The number of rotatable bonds is 1. The van der Waals surface area contributed by atoms with Crippen LogP contribution in [-0.4, -0.2) is 24.1 Å². The topological polar surface area (TPSA) is 30.5 Å². The van der Waals surface area contributed by atoms with Crippen molar-refractivity contribution in [2.75, 3.05) is 18.8 Å². The van der Waals surface area contributed by atoms with E-state index in [4.69, 9.17) is 9.47 Å². The van der Waals surface area contributed by atoms with Crippen LogP contribution in [0.15, 0.2) is 24.5 Å². The molecule has 0 aliphatic carbocycles. The summed E-state index contributed by atoms with van der Waals surface area (Å²) in [4.78, 5) is 0. The van der Waals surface area contributed by atoms with Crippen molar-refractivity contribution in [2.45, 2.75) is 5.25 Å². The first-order chi connectivity index (χ1) is 5.97. The van der Waals surface area contributed by atoms with E-state index in [0.717, 1.165) is 24.6 Å². The molecule has 2 rings (SSSR count). The molecule has 0 aromatic heterocycles. The van der Waals surface area contributed by atoms with E-state index in [0.29, 0.717) is 5.25 Å². The third-order valence-electron chi connectivity index (χ3n) is 1.77. The second-order valence-corrected chi connectivity index (χ2v) is 3.92. The molecule has 0 aromatic rings. The van der Waals surface area contributed by atoms with E-state index < -0.39 is 0 Å². The Balaban J connectivity index is 1.93. The predicted octanol–water partition coefficient (Wildman–Crippen LogP) is 1.05. The standard InChI is InChI=1S/C8H11NO2S/c1-4-12-8(5-9-1)7-6-10-2-3-11-7/h2-3,6,8-9H,1,4-5H2. The minimum Gasteiger partial charge on any atom is -0.466 e. The summed E-state index contributed by atoms with van der Waals surface area (Å²) in [5.74, 6) is 2.05. The Morgan fingerprint density at radius 1 is 1.50 bits per heavy atom. The summed E-state index contributed by atoms with van der Waals surface area (Å²) >= 11 is 1.90. The monoisotopic (exact) mass is 185 g/mol. The molecular weight excluding hydrogens is 174 g/mol. The van der Waals surface area contributed by atoms with E-state index in [-0.39, 0.29) is 0 Å². The number of thioether (sulfide) groups is 1. The number of hydrogen-bond donors (Lipinski definition) is 1. The van der Waals surface area contributed by atoms with Crippen molar-refractivity contribution in [1.82, 2.24) is 5.32 Å². The lowest BCUT2D eigenvalue weighted by Crippen LogP contribution is -2.34. The highest BCUT2D eigenvalue weighted by Crippen LogP contribution is 2.23. The van der Waals surface area contributed by atoms with Crippen LogP contribution in [0.5, 0.6) is 0 Å². The van der Waals surface area contributed by atoms with E-state index in [9.17, 15) is 0 Å². The molecule has 1 N–H and O–H groups in total. The molecule has 0 saturated carbocycles. The first-order valence-electron chi connectivity index (χ1n) is 3.96. The lowest BCUT2D eigenvalue weighted by molar-refractivity contribution is 0.247. The van der Waals surface area contributed by atoms with Crippen molar-refractivity contribution in [3.8, 4) is 0 Å². The summed E-state index contributed by atoms with van der Waals surface area (Å²) in [5, 5.41) is 3.72. The molecule has 1 saturated heterocycles. The van der Waals surface area contributed by atoms with Crippen molar-refractivity contribution in [2.24, 2.45) is 0 Å². The lowest BCUT2D eigenvalue weighted by atomic mass is 10.3. The molecule has 2 aliphatic heterocycles. The van der Waals surface area contributed by atoms with E-state index in [1.165, 1.54) is 6.26 Å². The third kappa shape index (κ3) is 1.76. The quantitative estimate of drug-likeness (QED) is 0.661. The minimum absolute atomic E-state index is 0.406. The smallest absolute Gasteiger partial charge is 0.152 e. The zero-order chi connectivity index (χ0) is 8.23. The summed E-state index contributed by atoms with van der Waals surface area (Å²) in [5.41, 5.74) is 0. The number of hydrogen-bond acceptors (Lipinski definition) is 4. The van der Waals surface area contributed by atoms with E-state index >= 15 is 0 Å². The molecule has 0 amide bonds. The zero-order valence-corrected chi connectivity index (χ0v) is 7.47. The largest absolute Gasteiger partial charge is 0.466 e. The zero-order valence-electron chi connectivity index (χ0n) is 6.66. The Morgan fingerprint density at radius 3 is 3.17 bits per heavy atom. The molecule has 0 bridgehead atoms. The van der Waals surface area contributed by atoms with Crippen LogP contribution in [0.3, 0.4) is 0 Å². The maximum absolute atomic E-state index is 5.31. The van der Waals surface area contributed by atoms with Gasteiger partial charge in [-0.25, -0.2) is 0 Å². The first kappa shape index (κ1) is 8.01. The van der Waals surface area contributed by atoms with E-state index in [1.54, 1.807) is 12.5 Å². The Labute approximate surface area is 75.8 Å². The molecule has 4 heteroatoms. The van der Waals surface area contributed by atoms with Crippen LogP contribution in [0.1, 0.15) is 0 Å². The maximum Gasteiger partial charge on any atom is 0.152 e. The van der Waals surface area contributed by atoms with Crippen LogP contribution in [0.4, 0.5) is 0 Å². The Bertz CT molecular complexity index is 209. The van der Waals surface area contributed by atoms with Crippen LogP contribution in [0.25, 0.3) is 0 Å². The molecule has 2 heterocycles. The highest BCUT2D eigenvalue weighted by atomic mass is 32.2. The molecule has 2 aliphatic rings. The number of nitrogens with one attached hydrogen (secondary N) is 1. The van der Waals surface area contributed by atoms with Gasteiger partial charge in [-0.2, -0.15) is 0 Å². The van der Waals surface area contributed by atoms with Crippen LogP contribution in [-0.2, 0) is 9.47 Å². The van der Waals surface area contributed by atoms with E-state index in [1.807, 2.05) is 11.8 Å². The van der Waals surface area contributed by atoms with Crippen molar-refractivity contribution < 1.29 is 9.47 Å². The summed E-state index contributed by atoms with van der Waals surface area (Å²) in [7, 11) is 0. The molecule has 1 unspecified atom stereocenters. The average molecular weight is 185 g/mol. The van der Waals surface area contributed by atoms with Crippen LogP contribution in [0.2, 0.25) is 0 Å². The molecule has 3 nitrogen and oxygen atoms in total. The molecule has 1 fully saturated rings. The maximum atomic E-state index is 5.31. The van der Waals surface area contributed by atoms with Crippen LogP contribution < -0.4 is 5.32 Å². The van der Waals surface area contributed by atoms with Gasteiger partial charge in [0.1, 0.15) is 18.8 Å². The van der Waals surface area contributed by atoms with Gasteiger partial charge in [-0.15, -0.1) is 11.8 Å². The normalized spacial score (nSPS) is 28.7. The molecule has 1 atom stereocenters. The highest BCUT2D eigenvalue weighted by molar-refractivity contribution is 8.00. The van der Waals surface area contributed by atoms with Gasteiger partial charge in [0.15, 0.2) is 5.76 Å². The number of ether oxygens (including phenoxy) is 2. The average Bonchev–Trinajstić information content (AvgIpc) is 2.21. The summed E-state index contributed by atoms with van der Waals surface area (Å²) in [6.45, 7) is 2.05. The van der Waals surface area contributed by atoms with Gasteiger partial charge in [0, 0.05) is 18.8 Å². The Kier molecular flexibility index (Phi) is 2.58. The van der Waals surface area contributed by atoms with Gasteiger partial charge >= 0.3 is 0 Å². The van der Waals surface area contributed by atoms with Crippen molar-refractivity contribution in [3.63, 3.8) is 0 Å². The van der Waals surface area contributed by atoms with Crippen LogP contribution in [0, 0.1) is 0 Å². The summed E-state index contributed by atoms with van der Waals surface area (Å²) < 4.78 is 10.3. The van der Waals surface area contributed by atoms with Crippen molar-refractivity contribution >= 4 is 11.8 Å².